The molecule has 0 saturated heterocycles. The first-order valence-electron chi connectivity index (χ1n) is 7.05. The van der Waals surface area contributed by atoms with Gasteiger partial charge in [-0.05, 0) is 18.2 Å². The normalized spacial score (nSPS) is 9.92. The summed E-state index contributed by atoms with van der Waals surface area (Å²) in [4.78, 5) is 23.6. The zero-order valence-electron chi connectivity index (χ0n) is 12.7. The molecule has 0 aliphatic rings. The molecule has 3 aromatic rings. The number of aromatic nitrogens is 3. The number of hydrogen-bond donors (Lipinski definition) is 1. The Morgan fingerprint density at radius 1 is 1.16 bits per heavy atom. The van der Waals surface area contributed by atoms with Crippen LogP contribution in [0.4, 0.5) is 10.1 Å². The lowest BCUT2D eigenvalue weighted by molar-refractivity contribution is 0.102. The minimum atomic E-state index is -0.608. The number of anilines is 1. The Bertz CT molecular complexity index is 957. The van der Waals surface area contributed by atoms with Crippen molar-refractivity contribution in [2.75, 3.05) is 5.32 Å². The van der Waals surface area contributed by atoms with Crippen molar-refractivity contribution < 1.29 is 13.9 Å². The van der Waals surface area contributed by atoms with Gasteiger partial charge in [-0.2, -0.15) is 5.26 Å². The van der Waals surface area contributed by atoms with Crippen LogP contribution in [0, 0.1) is 17.1 Å². The maximum atomic E-state index is 13.2. The van der Waals surface area contributed by atoms with Gasteiger partial charge in [0.25, 0.3) is 5.91 Å². The quantitative estimate of drug-likeness (QED) is 0.786. The van der Waals surface area contributed by atoms with Gasteiger partial charge in [0, 0.05) is 24.0 Å². The molecule has 8 heteroatoms. The molecule has 1 amide bonds. The predicted molar refractivity (Wildman–Crippen MR) is 85.4 cm³/mol. The van der Waals surface area contributed by atoms with E-state index in [4.69, 9.17) is 10.00 Å². The highest BCUT2D eigenvalue weighted by Crippen LogP contribution is 2.25. The molecular formula is C17H10FN5O2. The van der Waals surface area contributed by atoms with E-state index in [1.54, 1.807) is 0 Å². The summed E-state index contributed by atoms with van der Waals surface area (Å²) in [5, 5.41) is 11.7. The van der Waals surface area contributed by atoms with Gasteiger partial charge < -0.3 is 10.1 Å². The van der Waals surface area contributed by atoms with Crippen molar-refractivity contribution in [3.63, 3.8) is 0 Å². The molecular weight excluding hydrogens is 325 g/mol. The number of rotatable bonds is 4. The number of hydrogen-bond acceptors (Lipinski definition) is 6. The Labute approximate surface area is 141 Å². The first-order valence-corrected chi connectivity index (χ1v) is 7.05. The van der Waals surface area contributed by atoms with Gasteiger partial charge in [0.1, 0.15) is 23.6 Å². The Balaban J connectivity index is 1.85. The fraction of sp³-hybridized carbons (Fsp3) is 0. The molecule has 0 bridgehead atoms. The van der Waals surface area contributed by atoms with E-state index in [-0.39, 0.29) is 11.3 Å². The number of amides is 1. The number of halogens is 1. The van der Waals surface area contributed by atoms with Crippen molar-refractivity contribution >= 4 is 11.6 Å². The van der Waals surface area contributed by atoms with E-state index in [0.29, 0.717) is 17.2 Å². The second-order valence-electron chi connectivity index (χ2n) is 4.85. The average molecular weight is 335 g/mol. The Hall–Kier alpha value is -3.86. The highest BCUT2D eigenvalue weighted by atomic mass is 19.1. The molecule has 3 rings (SSSR count). The number of nitrogens with zero attached hydrogens (tertiary/aromatic N) is 4. The van der Waals surface area contributed by atoms with Gasteiger partial charge in [-0.25, -0.2) is 14.4 Å². The molecule has 0 unspecified atom stereocenters. The summed E-state index contributed by atoms with van der Waals surface area (Å²) in [6.07, 6.45) is 5.47. The number of ether oxygens (including phenoxy) is 1. The summed E-state index contributed by atoms with van der Waals surface area (Å²) in [6, 6.07) is 8.62. The van der Waals surface area contributed by atoms with Crippen LogP contribution < -0.4 is 10.1 Å². The van der Waals surface area contributed by atoms with Crippen LogP contribution in [0.1, 0.15) is 16.1 Å². The van der Waals surface area contributed by atoms with Crippen molar-refractivity contribution in [2.45, 2.75) is 0 Å². The molecule has 1 aromatic carbocycles. The third kappa shape index (κ3) is 4.11. The summed E-state index contributed by atoms with van der Waals surface area (Å²) in [5.41, 5.74) is 0.500. The van der Waals surface area contributed by atoms with E-state index in [0.717, 1.165) is 12.1 Å². The van der Waals surface area contributed by atoms with Gasteiger partial charge in [0.15, 0.2) is 5.75 Å². The molecule has 1 N–H and O–H groups in total. The van der Waals surface area contributed by atoms with Gasteiger partial charge in [-0.15, -0.1) is 0 Å². The molecule has 0 atom stereocenters. The molecule has 2 aromatic heterocycles. The number of carbonyl (C=O) groups is 1. The molecule has 0 spiro atoms. The molecule has 0 fully saturated rings. The van der Waals surface area contributed by atoms with Gasteiger partial charge in [-0.1, -0.05) is 0 Å². The van der Waals surface area contributed by atoms with E-state index in [1.807, 2.05) is 6.07 Å². The summed E-state index contributed by atoms with van der Waals surface area (Å²) >= 11 is 0. The Kier molecular flexibility index (Phi) is 4.58. The maximum Gasteiger partial charge on any atom is 0.274 e. The summed E-state index contributed by atoms with van der Waals surface area (Å²) in [6.45, 7) is 0. The Morgan fingerprint density at radius 3 is 2.68 bits per heavy atom. The largest absolute Gasteiger partial charge is 0.454 e. The van der Waals surface area contributed by atoms with Crippen LogP contribution in [-0.2, 0) is 0 Å². The molecule has 0 radical (unpaired) electrons. The molecule has 0 aliphatic heterocycles. The van der Waals surface area contributed by atoms with E-state index in [2.05, 4.69) is 20.3 Å². The maximum absolute atomic E-state index is 13.2. The molecule has 25 heavy (non-hydrogen) atoms. The SMILES string of the molecule is N#Cc1cc(NC(=O)c2cc(F)ccn2)cc(Oc2cncnc2)c1. The van der Waals surface area contributed by atoms with Crippen molar-refractivity contribution in [3.8, 4) is 17.6 Å². The minimum Gasteiger partial charge on any atom is -0.454 e. The van der Waals surface area contributed by atoms with Gasteiger partial charge in [0.2, 0.25) is 0 Å². The summed E-state index contributed by atoms with van der Waals surface area (Å²) in [7, 11) is 0. The van der Waals surface area contributed by atoms with Crippen LogP contribution >= 0.6 is 0 Å². The molecule has 0 aliphatic carbocycles. The van der Waals surface area contributed by atoms with Gasteiger partial charge >= 0.3 is 0 Å². The van der Waals surface area contributed by atoms with E-state index in [9.17, 15) is 9.18 Å². The Morgan fingerprint density at radius 2 is 1.96 bits per heavy atom. The third-order valence-electron chi connectivity index (χ3n) is 3.02. The molecule has 7 nitrogen and oxygen atoms in total. The van der Waals surface area contributed by atoms with E-state index in [1.165, 1.54) is 43.1 Å². The van der Waals surface area contributed by atoms with Crippen LogP contribution in [-0.4, -0.2) is 20.9 Å². The first kappa shape index (κ1) is 16.0. The third-order valence-corrected chi connectivity index (χ3v) is 3.02. The average Bonchev–Trinajstić information content (AvgIpc) is 2.62. The van der Waals surface area contributed by atoms with Crippen LogP contribution in [0.3, 0.4) is 0 Å². The van der Waals surface area contributed by atoms with Crippen molar-refractivity contribution in [1.29, 1.82) is 5.26 Å². The number of nitrogens with one attached hydrogen (secondary N) is 1. The fourth-order valence-corrected chi connectivity index (χ4v) is 1.99. The van der Waals surface area contributed by atoms with Gasteiger partial charge in [-0.3, -0.25) is 9.78 Å². The van der Waals surface area contributed by atoms with Crippen LogP contribution in [0.25, 0.3) is 0 Å². The fourth-order valence-electron chi connectivity index (χ4n) is 1.99. The van der Waals surface area contributed by atoms with Crippen molar-refractivity contribution in [2.24, 2.45) is 0 Å². The predicted octanol–water partition coefficient (Wildman–Crippen LogP) is 2.93. The van der Waals surface area contributed by atoms with E-state index >= 15 is 0 Å². The monoisotopic (exact) mass is 335 g/mol. The first-order chi connectivity index (χ1) is 12.1. The number of carbonyl (C=O) groups excluding carboxylic acids is 1. The van der Waals surface area contributed by atoms with Crippen LogP contribution in [0.2, 0.25) is 0 Å². The lowest BCUT2D eigenvalue weighted by Gasteiger charge is -2.09. The lowest BCUT2D eigenvalue weighted by atomic mass is 10.2. The zero-order chi connectivity index (χ0) is 17.6. The highest BCUT2D eigenvalue weighted by Gasteiger charge is 2.11. The molecule has 122 valence electrons. The van der Waals surface area contributed by atoms with Crippen molar-refractivity contribution in [1.82, 2.24) is 15.0 Å². The second kappa shape index (κ2) is 7.14. The second-order valence-corrected chi connectivity index (χ2v) is 4.85. The molecule has 0 saturated carbocycles. The summed E-state index contributed by atoms with van der Waals surface area (Å²) in [5.74, 6) is -0.486. The lowest BCUT2D eigenvalue weighted by Crippen LogP contribution is -2.14. The van der Waals surface area contributed by atoms with Crippen LogP contribution in [0.5, 0.6) is 11.5 Å². The smallest absolute Gasteiger partial charge is 0.274 e. The van der Waals surface area contributed by atoms with Crippen molar-refractivity contribution in [3.05, 3.63) is 72.3 Å². The number of benzene rings is 1. The number of pyridine rings is 1. The standard InChI is InChI=1S/C17H10FN5O2/c18-12-1-2-22-16(5-12)17(24)23-13-3-11(7-19)4-14(6-13)25-15-8-20-10-21-9-15/h1-6,8-10H,(H,23,24). The zero-order valence-corrected chi connectivity index (χ0v) is 12.7. The van der Waals surface area contributed by atoms with Crippen LogP contribution in [0.15, 0.2) is 55.2 Å². The van der Waals surface area contributed by atoms with Gasteiger partial charge in [0.05, 0.1) is 24.0 Å². The minimum absolute atomic E-state index is 0.0821. The summed E-state index contributed by atoms with van der Waals surface area (Å²) < 4.78 is 18.8. The number of nitriles is 1. The topological polar surface area (TPSA) is 101 Å². The molecule has 2 heterocycles. The highest BCUT2D eigenvalue weighted by molar-refractivity contribution is 6.03. The van der Waals surface area contributed by atoms with E-state index < -0.39 is 11.7 Å².